The van der Waals surface area contributed by atoms with Crippen LogP contribution in [0.4, 0.5) is 13.2 Å². The highest BCUT2D eigenvalue weighted by atomic mass is 19.1. The van der Waals surface area contributed by atoms with Crippen molar-refractivity contribution in [2.45, 2.75) is 39.0 Å². The highest BCUT2D eigenvalue weighted by Gasteiger charge is 2.50. The van der Waals surface area contributed by atoms with Gasteiger partial charge in [-0.2, -0.15) is 0 Å². The molecule has 32 heavy (non-hydrogen) atoms. The molecule has 1 aromatic carbocycles. The molecular weight excluding hydrogens is 429 g/mol. The number of nitrogens with one attached hydrogen (secondary N) is 1. The van der Waals surface area contributed by atoms with E-state index in [1.54, 1.807) is 6.92 Å². The Morgan fingerprint density at radius 3 is 2.62 bits per heavy atom. The predicted octanol–water partition coefficient (Wildman–Crippen LogP) is 2.59. The van der Waals surface area contributed by atoms with Gasteiger partial charge in [-0.25, -0.2) is 13.2 Å². The zero-order valence-electron chi connectivity index (χ0n) is 17.5. The number of halogens is 3. The van der Waals surface area contributed by atoms with E-state index in [4.69, 9.17) is 9.47 Å². The molecule has 3 heterocycles. The summed E-state index contributed by atoms with van der Waals surface area (Å²) in [5, 5.41) is 2.26. The first-order valence-corrected chi connectivity index (χ1v) is 10.1. The van der Waals surface area contributed by atoms with Crippen LogP contribution in [0.15, 0.2) is 23.1 Å². The largest absolute Gasteiger partial charge is 0.491 e. The number of hydrogen-bond donors (Lipinski definition) is 1. The zero-order chi connectivity index (χ0) is 23.2. The van der Waals surface area contributed by atoms with E-state index in [0.717, 1.165) is 0 Å². The van der Waals surface area contributed by atoms with Crippen molar-refractivity contribution in [3.8, 4) is 5.75 Å². The number of carbonyl (C=O) groups is 2. The number of methoxy groups -OCH3 is 1. The molecule has 0 radical (unpaired) electrons. The summed E-state index contributed by atoms with van der Waals surface area (Å²) < 4.78 is 53.2. The average Bonchev–Trinajstić information content (AvgIpc) is 2.74. The predicted molar refractivity (Wildman–Crippen MR) is 106 cm³/mol. The molecule has 0 saturated carbocycles. The fraction of sp³-hybridized carbons (Fsp3) is 0.409. The summed E-state index contributed by atoms with van der Waals surface area (Å²) in [4.78, 5) is 38.9. The topological polar surface area (TPSA) is 86.6 Å². The van der Waals surface area contributed by atoms with Crippen LogP contribution in [-0.4, -0.2) is 36.1 Å². The molecule has 1 aromatic heterocycles. The van der Waals surface area contributed by atoms with Gasteiger partial charge in [-0.1, -0.05) is 0 Å². The molecule has 2 aliphatic rings. The number of pyridine rings is 1. The number of ketones is 1. The maximum absolute atomic E-state index is 13.9. The number of hydrogen-bond acceptors (Lipinski definition) is 5. The average molecular weight is 450 g/mol. The molecule has 7 nitrogen and oxygen atoms in total. The Kier molecular flexibility index (Phi) is 5.58. The number of amides is 1. The van der Waals surface area contributed by atoms with Crippen LogP contribution in [0.5, 0.6) is 5.75 Å². The van der Waals surface area contributed by atoms with Crippen LogP contribution < -0.4 is 15.5 Å². The maximum atomic E-state index is 13.9. The lowest BCUT2D eigenvalue weighted by atomic mass is 9.71. The van der Waals surface area contributed by atoms with Gasteiger partial charge in [-0.15, -0.1) is 0 Å². The number of fused-ring (bicyclic) bond motifs is 2. The monoisotopic (exact) mass is 450 g/mol. The third kappa shape index (κ3) is 3.48. The van der Waals surface area contributed by atoms with Gasteiger partial charge in [0.1, 0.15) is 28.7 Å². The summed E-state index contributed by atoms with van der Waals surface area (Å²) in [6.45, 7) is 1.92. The second kappa shape index (κ2) is 8.09. The third-order valence-corrected chi connectivity index (χ3v) is 6.18. The molecule has 10 heteroatoms. The third-order valence-electron chi connectivity index (χ3n) is 6.18. The molecule has 2 aliphatic heterocycles. The number of Topliss-reactive ketones (excluding diaryl/α,β-unsaturated/α-hetero) is 1. The molecule has 2 atom stereocenters. The first-order valence-electron chi connectivity index (χ1n) is 10.1. The molecule has 1 saturated heterocycles. The van der Waals surface area contributed by atoms with Crippen molar-refractivity contribution in [1.29, 1.82) is 0 Å². The van der Waals surface area contributed by atoms with E-state index >= 15 is 0 Å². The Labute approximate surface area is 181 Å². The minimum Gasteiger partial charge on any atom is -0.491 e. The molecule has 0 bridgehead atoms. The van der Waals surface area contributed by atoms with E-state index in [-0.39, 0.29) is 29.3 Å². The van der Waals surface area contributed by atoms with E-state index in [1.165, 1.54) is 17.9 Å². The Morgan fingerprint density at radius 2 is 1.97 bits per heavy atom. The fourth-order valence-electron chi connectivity index (χ4n) is 4.35. The summed E-state index contributed by atoms with van der Waals surface area (Å²) in [6, 6.07) is 0.988. The minimum atomic E-state index is -1.16. The van der Waals surface area contributed by atoms with Crippen LogP contribution in [0.25, 0.3) is 0 Å². The fourth-order valence-corrected chi connectivity index (χ4v) is 4.35. The van der Waals surface area contributed by atoms with Crippen molar-refractivity contribution < 1.29 is 32.2 Å². The SMILES string of the molecule is COc1c2n(cc(C(=O)NCc3c(F)cc(F)cc3F)c1=O)CC1OCCCC1(C)C2=O. The van der Waals surface area contributed by atoms with Gasteiger partial charge in [0.05, 0.1) is 25.2 Å². The lowest BCUT2D eigenvalue weighted by Gasteiger charge is -2.44. The lowest BCUT2D eigenvalue weighted by molar-refractivity contribution is -0.0740. The molecule has 2 unspecified atom stereocenters. The standard InChI is InChI=1S/C22H21F3N2O5/c1-22-4-3-5-32-16(22)10-27-9-13(18(28)19(31-2)17(27)20(22)29)21(30)26-8-12-14(24)6-11(23)7-15(12)25/h6-7,9,16H,3-5,8,10H2,1-2H3,(H,26,30). The second-order valence-corrected chi connectivity index (χ2v) is 8.15. The van der Waals surface area contributed by atoms with Crippen molar-refractivity contribution in [3.63, 3.8) is 0 Å². The van der Waals surface area contributed by atoms with E-state index in [1.807, 2.05) is 0 Å². The van der Waals surface area contributed by atoms with Gasteiger partial charge in [0.2, 0.25) is 5.43 Å². The highest BCUT2D eigenvalue weighted by Crippen LogP contribution is 2.42. The van der Waals surface area contributed by atoms with Crippen LogP contribution in [0, 0.1) is 22.9 Å². The van der Waals surface area contributed by atoms with Gasteiger partial charge >= 0.3 is 0 Å². The normalized spacial score (nSPS) is 22.2. The number of carbonyl (C=O) groups excluding carboxylic acids is 2. The molecule has 1 N–H and O–H groups in total. The first kappa shape index (κ1) is 22.1. The molecule has 2 aromatic rings. The number of aromatic nitrogens is 1. The summed E-state index contributed by atoms with van der Waals surface area (Å²) in [7, 11) is 1.22. The molecular formula is C22H21F3N2O5. The Balaban J connectivity index is 1.69. The van der Waals surface area contributed by atoms with Crippen LogP contribution >= 0.6 is 0 Å². The summed E-state index contributed by atoms with van der Waals surface area (Å²) >= 11 is 0. The van der Waals surface area contributed by atoms with E-state index in [9.17, 15) is 27.6 Å². The molecule has 1 amide bonds. The number of ether oxygens (including phenoxy) is 2. The van der Waals surface area contributed by atoms with Crippen LogP contribution in [-0.2, 0) is 17.8 Å². The van der Waals surface area contributed by atoms with Gasteiger partial charge < -0.3 is 19.4 Å². The van der Waals surface area contributed by atoms with Crippen molar-refractivity contribution in [3.05, 3.63) is 62.8 Å². The lowest BCUT2D eigenvalue weighted by Crippen LogP contribution is -2.52. The highest BCUT2D eigenvalue weighted by molar-refractivity contribution is 6.03. The van der Waals surface area contributed by atoms with Gasteiger partial charge in [-0.05, 0) is 19.8 Å². The van der Waals surface area contributed by atoms with Crippen molar-refractivity contribution >= 4 is 11.7 Å². The Bertz CT molecular complexity index is 1160. The quantitative estimate of drug-likeness (QED) is 0.774. The molecule has 170 valence electrons. The van der Waals surface area contributed by atoms with E-state index < -0.39 is 52.4 Å². The van der Waals surface area contributed by atoms with Gasteiger partial charge in [0.15, 0.2) is 11.5 Å². The first-order chi connectivity index (χ1) is 15.2. The summed E-state index contributed by atoms with van der Waals surface area (Å²) in [5.74, 6) is -4.91. The van der Waals surface area contributed by atoms with Crippen molar-refractivity contribution in [2.75, 3.05) is 13.7 Å². The molecule has 1 fully saturated rings. The van der Waals surface area contributed by atoms with Gasteiger partial charge in [-0.3, -0.25) is 14.4 Å². The molecule has 0 aliphatic carbocycles. The van der Waals surface area contributed by atoms with Crippen molar-refractivity contribution in [2.24, 2.45) is 5.41 Å². The second-order valence-electron chi connectivity index (χ2n) is 8.15. The van der Waals surface area contributed by atoms with Crippen LogP contribution in [0.1, 0.15) is 46.2 Å². The number of rotatable bonds is 4. The molecule has 4 rings (SSSR count). The van der Waals surface area contributed by atoms with Gasteiger partial charge in [0.25, 0.3) is 5.91 Å². The maximum Gasteiger partial charge on any atom is 0.257 e. The van der Waals surface area contributed by atoms with E-state index in [0.29, 0.717) is 31.6 Å². The van der Waals surface area contributed by atoms with E-state index in [2.05, 4.69) is 5.32 Å². The Morgan fingerprint density at radius 1 is 1.28 bits per heavy atom. The minimum absolute atomic E-state index is 0.0638. The zero-order valence-corrected chi connectivity index (χ0v) is 17.5. The summed E-state index contributed by atoms with van der Waals surface area (Å²) in [5.41, 5.74) is -2.47. The number of benzene rings is 1. The molecule has 0 spiro atoms. The number of nitrogens with zero attached hydrogens (tertiary/aromatic N) is 1. The Hall–Kier alpha value is -3.14. The summed E-state index contributed by atoms with van der Waals surface area (Å²) in [6.07, 6.45) is 2.11. The van der Waals surface area contributed by atoms with Crippen LogP contribution in [0.3, 0.4) is 0 Å². The van der Waals surface area contributed by atoms with Gasteiger partial charge in [0, 0.05) is 37.0 Å². The van der Waals surface area contributed by atoms with Crippen molar-refractivity contribution in [1.82, 2.24) is 9.88 Å². The smallest absolute Gasteiger partial charge is 0.257 e. The van der Waals surface area contributed by atoms with Crippen LogP contribution in [0.2, 0.25) is 0 Å².